The number of cyclic esters (lactones) is 1. The summed E-state index contributed by atoms with van der Waals surface area (Å²) >= 11 is 0. The van der Waals surface area contributed by atoms with Gasteiger partial charge in [0.25, 0.3) is 0 Å². The first-order valence-corrected chi connectivity index (χ1v) is 7.32. The fourth-order valence-electron chi connectivity index (χ4n) is 2.51. The zero-order chi connectivity index (χ0) is 17.3. The standard InChI is InChI=1S/C17H16O7/c1-9-5-12(19)15(17(20)24-9)11(18)4-3-10-6-13(21-2)16-14(7-10)22-8-23-16/h3-4,6-7,9,18H,5,8H2,1-2H3/b4-3+,15-11+. The molecule has 0 aliphatic carbocycles. The Kier molecular flexibility index (Phi) is 4.16. The third kappa shape index (κ3) is 2.92. The van der Waals surface area contributed by atoms with Gasteiger partial charge >= 0.3 is 5.97 Å². The van der Waals surface area contributed by atoms with Crippen LogP contribution in [0.5, 0.6) is 17.2 Å². The van der Waals surface area contributed by atoms with Gasteiger partial charge in [-0.15, -0.1) is 0 Å². The molecule has 126 valence electrons. The van der Waals surface area contributed by atoms with E-state index in [1.54, 1.807) is 19.1 Å². The van der Waals surface area contributed by atoms with E-state index in [2.05, 4.69) is 0 Å². The number of ketones is 1. The van der Waals surface area contributed by atoms with E-state index in [9.17, 15) is 14.7 Å². The monoisotopic (exact) mass is 332 g/mol. The highest BCUT2D eigenvalue weighted by molar-refractivity contribution is 6.19. The van der Waals surface area contributed by atoms with Crippen molar-refractivity contribution in [3.8, 4) is 17.2 Å². The first-order valence-electron chi connectivity index (χ1n) is 7.32. The molecule has 1 atom stereocenters. The molecule has 2 aliphatic rings. The van der Waals surface area contributed by atoms with E-state index in [0.717, 1.165) is 0 Å². The van der Waals surface area contributed by atoms with Crippen LogP contribution in [0.2, 0.25) is 0 Å². The van der Waals surface area contributed by atoms with Crippen LogP contribution in [0.4, 0.5) is 0 Å². The number of carbonyl (C=O) groups is 2. The van der Waals surface area contributed by atoms with Gasteiger partial charge in [-0.2, -0.15) is 0 Å². The Bertz CT molecular complexity index is 740. The lowest BCUT2D eigenvalue weighted by Gasteiger charge is -2.19. The smallest absolute Gasteiger partial charge is 0.345 e. The number of hydrogen-bond acceptors (Lipinski definition) is 7. The molecule has 7 nitrogen and oxygen atoms in total. The number of methoxy groups -OCH3 is 1. The number of carbonyl (C=O) groups excluding carboxylic acids is 2. The van der Waals surface area contributed by atoms with Crippen LogP contribution in [-0.2, 0) is 14.3 Å². The number of rotatable bonds is 3. The van der Waals surface area contributed by atoms with Gasteiger partial charge in [0.15, 0.2) is 17.3 Å². The minimum absolute atomic E-state index is 0.0524. The lowest BCUT2D eigenvalue weighted by atomic mass is 10.0. The first kappa shape index (κ1) is 15.9. The maximum Gasteiger partial charge on any atom is 0.345 e. The topological polar surface area (TPSA) is 91.3 Å². The van der Waals surface area contributed by atoms with Crippen LogP contribution in [0.15, 0.2) is 29.5 Å². The normalized spacial score (nSPS) is 21.8. The summed E-state index contributed by atoms with van der Waals surface area (Å²) in [5.41, 5.74) is 0.310. The van der Waals surface area contributed by atoms with Gasteiger partial charge in [0, 0.05) is 6.42 Å². The minimum atomic E-state index is -0.816. The van der Waals surface area contributed by atoms with Gasteiger partial charge in [-0.3, -0.25) is 4.79 Å². The Labute approximate surface area is 138 Å². The Morgan fingerprint density at radius 3 is 2.83 bits per heavy atom. The number of fused-ring (bicyclic) bond motifs is 1. The molecule has 0 amide bonds. The molecular formula is C17H16O7. The molecule has 1 fully saturated rings. The second-order valence-corrected chi connectivity index (χ2v) is 5.39. The van der Waals surface area contributed by atoms with Crippen molar-refractivity contribution < 1.29 is 33.6 Å². The average molecular weight is 332 g/mol. The van der Waals surface area contributed by atoms with Crippen molar-refractivity contribution in [3.63, 3.8) is 0 Å². The van der Waals surface area contributed by atoms with Gasteiger partial charge in [0.1, 0.15) is 17.4 Å². The zero-order valence-corrected chi connectivity index (χ0v) is 13.2. The van der Waals surface area contributed by atoms with Crippen molar-refractivity contribution in [3.05, 3.63) is 35.1 Å². The summed E-state index contributed by atoms with van der Waals surface area (Å²) < 4.78 is 20.8. The molecular weight excluding hydrogens is 316 g/mol. The largest absolute Gasteiger partial charge is 0.507 e. The minimum Gasteiger partial charge on any atom is -0.507 e. The summed E-state index contributed by atoms with van der Waals surface area (Å²) in [4.78, 5) is 23.7. The van der Waals surface area contributed by atoms with E-state index in [1.165, 1.54) is 19.3 Å². The number of ether oxygens (including phenoxy) is 4. The second kappa shape index (κ2) is 6.27. The molecule has 2 aliphatic heterocycles. The van der Waals surface area contributed by atoms with Crippen molar-refractivity contribution in [1.82, 2.24) is 0 Å². The molecule has 1 saturated heterocycles. The van der Waals surface area contributed by atoms with Crippen molar-refractivity contribution in [2.75, 3.05) is 13.9 Å². The maximum atomic E-state index is 11.9. The fourth-order valence-corrected chi connectivity index (χ4v) is 2.51. The number of Topliss-reactive ketones (excluding diaryl/α,β-unsaturated/α-hetero) is 1. The lowest BCUT2D eigenvalue weighted by Crippen LogP contribution is -2.31. The predicted molar refractivity (Wildman–Crippen MR) is 83.0 cm³/mol. The first-order chi connectivity index (χ1) is 11.5. The highest BCUT2D eigenvalue weighted by Gasteiger charge is 2.32. The summed E-state index contributed by atoms with van der Waals surface area (Å²) in [6.07, 6.45) is 2.37. The SMILES string of the molecule is COc1cc(/C=C/C(O)=C2/C(=O)CC(C)OC2=O)cc2c1OCO2. The van der Waals surface area contributed by atoms with Crippen LogP contribution in [0.25, 0.3) is 6.08 Å². The molecule has 1 aromatic carbocycles. The third-order valence-corrected chi connectivity index (χ3v) is 3.63. The van der Waals surface area contributed by atoms with Crippen molar-refractivity contribution in [2.24, 2.45) is 0 Å². The fraction of sp³-hybridized carbons (Fsp3) is 0.294. The summed E-state index contributed by atoms with van der Waals surface area (Å²) in [5, 5.41) is 10.1. The molecule has 0 radical (unpaired) electrons. The average Bonchev–Trinajstić information content (AvgIpc) is 2.99. The number of aliphatic hydroxyl groups is 1. The summed E-state index contributed by atoms with van der Waals surface area (Å²) in [6.45, 7) is 1.73. The van der Waals surface area contributed by atoms with E-state index in [0.29, 0.717) is 22.8 Å². The molecule has 0 aromatic heterocycles. The van der Waals surface area contributed by atoms with E-state index in [4.69, 9.17) is 18.9 Å². The number of aliphatic hydroxyl groups excluding tert-OH is 1. The van der Waals surface area contributed by atoms with Gasteiger partial charge in [-0.1, -0.05) is 6.08 Å². The van der Waals surface area contributed by atoms with Crippen molar-refractivity contribution in [2.45, 2.75) is 19.4 Å². The van der Waals surface area contributed by atoms with Crippen LogP contribution in [0, 0.1) is 0 Å². The third-order valence-electron chi connectivity index (χ3n) is 3.63. The van der Waals surface area contributed by atoms with E-state index in [-0.39, 0.29) is 18.8 Å². The number of esters is 1. The summed E-state index contributed by atoms with van der Waals surface area (Å²) in [5.74, 6) is -0.180. The Morgan fingerprint density at radius 2 is 2.12 bits per heavy atom. The highest BCUT2D eigenvalue weighted by Crippen LogP contribution is 2.42. The van der Waals surface area contributed by atoms with Crippen molar-refractivity contribution in [1.29, 1.82) is 0 Å². The van der Waals surface area contributed by atoms with Gasteiger partial charge in [-0.05, 0) is 30.7 Å². The number of hydrogen-bond donors (Lipinski definition) is 1. The van der Waals surface area contributed by atoms with Gasteiger partial charge in [0.05, 0.1) is 7.11 Å². The Hall–Kier alpha value is -2.96. The van der Waals surface area contributed by atoms with E-state index in [1.807, 2.05) is 0 Å². The van der Waals surface area contributed by atoms with Crippen LogP contribution >= 0.6 is 0 Å². The van der Waals surface area contributed by atoms with E-state index >= 15 is 0 Å². The van der Waals surface area contributed by atoms with Crippen LogP contribution in [0.1, 0.15) is 18.9 Å². The van der Waals surface area contributed by atoms with E-state index < -0.39 is 23.6 Å². The molecule has 1 N–H and O–H groups in total. The molecule has 2 heterocycles. The maximum absolute atomic E-state index is 11.9. The zero-order valence-electron chi connectivity index (χ0n) is 13.2. The Balaban J connectivity index is 1.89. The van der Waals surface area contributed by atoms with Crippen LogP contribution in [-0.4, -0.2) is 36.9 Å². The summed E-state index contributed by atoms with van der Waals surface area (Å²) in [6, 6.07) is 3.38. The van der Waals surface area contributed by atoms with Crippen LogP contribution < -0.4 is 14.2 Å². The molecule has 1 aromatic rings. The molecule has 1 unspecified atom stereocenters. The molecule has 3 rings (SSSR count). The van der Waals surface area contributed by atoms with Gasteiger partial charge < -0.3 is 24.1 Å². The molecule has 0 saturated carbocycles. The molecule has 0 bridgehead atoms. The summed E-state index contributed by atoms with van der Waals surface area (Å²) in [7, 11) is 1.50. The second-order valence-electron chi connectivity index (χ2n) is 5.39. The van der Waals surface area contributed by atoms with Gasteiger partial charge in [-0.25, -0.2) is 4.79 Å². The van der Waals surface area contributed by atoms with Crippen LogP contribution in [0.3, 0.4) is 0 Å². The molecule has 0 spiro atoms. The quantitative estimate of drug-likeness (QED) is 0.392. The Morgan fingerprint density at radius 1 is 1.33 bits per heavy atom. The number of allylic oxidation sites excluding steroid dienone is 1. The highest BCUT2D eigenvalue weighted by atomic mass is 16.7. The lowest BCUT2D eigenvalue weighted by molar-refractivity contribution is -0.150. The molecule has 24 heavy (non-hydrogen) atoms. The number of benzene rings is 1. The van der Waals surface area contributed by atoms with Crippen molar-refractivity contribution >= 4 is 17.8 Å². The van der Waals surface area contributed by atoms with Gasteiger partial charge in [0.2, 0.25) is 12.5 Å². The predicted octanol–water partition coefficient (Wildman–Crippen LogP) is 2.15. The molecule has 7 heteroatoms.